The first-order chi connectivity index (χ1) is 13.1. The molecule has 0 amide bonds. The molecule has 4 heterocycles. The molecular weight excluding hydrogens is 336 g/mol. The van der Waals surface area contributed by atoms with Crippen LogP contribution in [-0.2, 0) is 4.74 Å². The maximum absolute atomic E-state index is 6.54. The van der Waals surface area contributed by atoms with Gasteiger partial charge in [-0.1, -0.05) is 6.08 Å². The molecule has 1 aromatic carbocycles. The summed E-state index contributed by atoms with van der Waals surface area (Å²) in [6.45, 7) is 10.6. The minimum Gasteiger partial charge on any atom is -0.497 e. The van der Waals surface area contributed by atoms with Crippen molar-refractivity contribution < 1.29 is 9.47 Å². The molecule has 0 N–H and O–H groups in total. The van der Waals surface area contributed by atoms with Crippen LogP contribution in [0, 0.1) is 11.8 Å². The van der Waals surface area contributed by atoms with Crippen LogP contribution in [0.2, 0.25) is 0 Å². The van der Waals surface area contributed by atoms with Gasteiger partial charge in [-0.05, 0) is 74.9 Å². The Balaban J connectivity index is 1.75. The molecule has 2 bridgehead atoms. The summed E-state index contributed by atoms with van der Waals surface area (Å²) in [6.07, 6.45) is 6.70. The van der Waals surface area contributed by atoms with Gasteiger partial charge in [0.2, 0.25) is 0 Å². The highest BCUT2D eigenvalue weighted by Crippen LogP contribution is 2.44. The largest absolute Gasteiger partial charge is 0.497 e. The van der Waals surface area contributed by atoms with Gasteiger partial charge in [-0.15, -0.1) is 6.58 Å². The second kappa shape index (κ2) is 7.61. The molecule has 3 aliphatic rings. The molecule has 0 saturated carbocycles. The Labute approximate surface area is 162 Å². The Kier molecular flexibility index (Phi) is 5.20. The summed E-state index contributed by atoms with van der Waals surface area (Å²) < 4.78 is 12.0. The van der Waals surface area contributed by atoms with E-state index < -0.39 is 0 Å². The van der Waals surface area contributed by atoms with Crippen molar-refractivity contribution in [3.8, 4) is 5.75 Å². The predicted octanol–water partition coefficient (Wildman–Crippen LogP) is 4.61. The average Bonchev–Trinajstić information content (AvgIpc) is 2.71. The number of benzene rings is 1. The molecule has 3 aliphatic heterocycles. The lowest BCUT2D eigenvalue weighted by molar-refractivity contribution is -0.0926. The molecule has 4 nitrogen and oxygen atoms in total. The summed E-state index contributed by atoms with van der Waals surface area (Å²) in [6, 6.07) is 8.63. The van der Waals surface area contributed by atoms with Crippen molar-refractivity contribution in [2.45, 2.75) is 44.9 Å². The zero-order valence-corrected chi connectivity index (χ0v) is 16.6. The fourth-order valence-electron chi connectivity index (χ4n) is 4.88. The lowest BCUT2D eigenvalue weighted by Crippen LogP contribution is -2.55. The number of hydrogen-bond acceptors (Lipinski definition) is 4. The molecule has 27 heavy (non-hydrogen) atoms. The maximum Gasteiger partial charge on any atom is 0.119 e. The standard InChI is InChI=1S/C23H30N2O2/c1-5-16-14-25-11-9-17(16)12-22(25)23(27-15(2)3)19-8-10-24-21-7-6-18(26-4)13-20(19)21/h5-8,10,13,15-17,22-23H,1,9,11-12,14H2,2-4H3/t16?,17?,22?,23-/m0/s1. The molecule has 5 rings (SSSR count). The molecule has 4 heteroatoms. The zero-order valence-electron chi connectivity index (χ0n) is 16.6. The number of rotatable bonds is 6. The number of methoxy groups -OCH3 is 1. The van der Waals surface area contributed by atoms with E-state index in [-0.39, 0.29) is 12.2 Å². The van der Waals surface area contributed by atoms with Crippen LogP contribution in [0.4, 0.5) is 0 Å². The number of hydrogen-bond donors (Lipinski definition) is 0. The van der Waals surface area contributed by atoms with Crippen LogP contribution in [0.15, 0.2) is 43.1 Å². The zero-order chi connectivity index (χ0) is 19.0. The van der Waals surface area contributed by atoms with Gasteiger partial charge in [-0.2, -0.15) is 0 Å². The minimum atomic E-state index is 0.0381. The number of aromatic nitrogens is 1. The fourth-order valence-corrected chi connectivity index (χ4v) is 4.88. The molecule has 4 unspecified atom stereocenters. The van der Waals surface area contributed by atoms with E-state index in [9.17, 15) is 0 Å². The number of ether oxygens (including phenoxy) is 2. The summed E-state index contributed by atoms with van der Waals surface area (Å²) in [5, 5.41) is 1.13. The van der Waals surface area contributed by atoms with Crippen molar-refractivity contribution in [2.24, 2.45) is 11.8 Å². The van der Waals surface area contributed by atoms with Crippen LogP contribution in [0.3, 0.4) is 0 Å². The van der Waals surface area contributed by atoms with E-state index in [2.05, 4.69) is 48.5 Å². The number of nitrogens with zero attached hydrogens (tertiary/aromatic N) is 2. The molecule has 0 aliphatic carbocycles. The molecule has 5 atom stereocenters. The molecule has 1 aromatic heterocycles. The molecular formula is C23H30N2O2. The van der Waals surface area contributed by atoms with Gasteiger partial charge in [-0.3, -0.25) is 9.88 Å². The van der Waals surface area contributed by atoms with E-state index >= 15 is 0 Å². The fraction of sp³-hybridized carbons (Fsp3) is 0.522. The van der Waals surface area contributed by atoms with Crippen molar-refractivity contribution >= 4 is 10.9 Å². The Bertz CT molecular complexity index is 819. The number of pyridine rings is 1. The van der Waals surface area contributed by atoms with Gasteiger partial charge in [0.15, 0.2) is 0 Å². The molecule has 3 saturated heterocycles. The van der Waals surface area contributed by atoms with E-state index in [0.29, 0.717) is 12.0 Å². The first-order valence-corrected chi connectivity index (χ1v) is 10.1. The van der Waals surface area contributed by atoms with Crippen LogP contribution in [-0.4, -0.2) is 42.2 Å². The second-order valence-corrected chi connectivity index (χ2v) is 8.13. The van der Waals surface area contributed by atoms with Crippen molar-refractivity contribution in [1.29, 1.82) is 0 Å². The highest BCUT2D eigenvalue weighted by atomic mass is 16.5. The summed E-state index contributed by atoms with van der Waals surface area (Å²) >= 11 is 0. The van der Waals surface area contributed by atoms with E-state index in [1.54, 1.807) is 7.11 Å². The Morgan fingerprint density at radius 3 is 2.81 bits per heavy atom. The third kappa shape index (κ3) is 3.48. The quantitative estimate of drug-likeness (QED) is 0.700. The van der Waals surface area contributed by atoms with Crippen LogP contribution < -0.4 is 4.74 Å². The highest BCUT2D eigenvalue weighted by Gasteiger charge is 2.43. The van der Waals surface area contributed by atoms with Gasteiger partial charge in [0.25, 0.3) is 0 Å². The molecule has 0 radical (unpaired) electrons. The first kappa shape index (κ1) is 18.5. The molecule has 144 valence electrons. The maximum atomic E-state index is 6.54. The Morgan fingerprint density at radius 2 is 2.15 bits per heavy atom. The van der Waals surface area contributed by atoms with E-state index in [1.165, 1.54) is 18.4 Å². The second-order valence-electron chi connectivity index (χ2n) is 8.13. The van der Waals surface area contributed by atoms with Gasteiger partial charge >= 0.3 is 0 Å². The summed E-state index contributed by atoms with van der Waals surface area (Å²) in [5.41, 5.74) is 2.21. The van der Waals surface area contributed by atoms with Crippen molar-refractivity contribution in [3.63, 3.8) is 0 Å². The Morgan fingerprint density at radius 1 is 1.30 bits per heavy atom. The minimum absolute atomic E-state index is 0.0381. The topological polar surface area (TPSA) is 34.6 Å². The molecule has 3 fully saturated rings. The summed E-state index contributed by atoms with van der Waals surface area (Å²) in [5.74, 6) is 2.19. The van der Waals surface area contributed by atoms with Crippen LogP contribution in [0.5, 0.6) is 5.75 Å². The van der Waals surface area contributed by atoms with Gasteiger partial charge in [0.1, 0.15) is 5.75 Å². The van der Waals surface area contributed by atoms with Gasteiger partial charge in [0.05, 0.1) is 24.8 Å². The molecule has 2 aromatic rings. The normalized spacial score (nSPS) is 28.4. The molecule has 0 spiro atoms. The highest BCUT2D eigenvalue weighted by molar-refractivity contribution is 5.84. The lowest BCUT2D eigenvalue weighted by atomic mass is 9.73. The van der Waals surface area contributed by atoms with E-state index in [0.717, 1.165) is 35.7 Å². The average molecular weight is 367 g/mol. The van der Waals surface area contributed by atoms with Crippen LogP contribution >= 0.6 is 0 Å². The van der Waals surface area contributed by atoms with E-state index in [4.69, 9.17) is 9.47 Å². The van der Waals surface area contributed by atoms with Crippen LogP contribution in [0.1, 0.15) is 38.4 Å². The van der Waals surface area contributed by atoms with E-state index in [1.807, 2.05) is 18.3 Å². The smallest absolute Gasteiger partial charge is 0.119 e. The van der Waals surface area contributed by atoms with Crippen molar-refractivity contribution in [3.05, 3.63) is 48.7 Å². The number of fused-ring (bicyclic) bond motifs is 4. The first-order valence-electron chi connectivity index (χ1n) is 10.1. The number of piperidine rings is 3. The van der Waals surface area contributed by atoms with Crippen molar-refractivity contribution in [1.82, 2.24) is 9.88 Å². The monoisotopic (exact) mass is 366 g/mol. The summed E-state index contributed by atoms with van der Waals surface area (Å²) in [4.78, 5) is 7.18. The van der Waals surface area contributed by atoms with Gasteiger partial charge < -0.3 is 9.47 Å². The van der Waals surface area contributed by atoms with Crippen LogP contribution in [0.25, 0.3) is 10.9 Å². The summed E-state index contributed by atoms with van der Waals surface area (Å²) in [7, 11) is 1.71. The van der Waals surface area contributed by atoms with Crippen molar-refractivity contribution in [2.75, 3.05) is 20.2 Å². The third-order valence-electron chi connectivity index (χ3n) is 6.21. The van der Waals surface area contributed by atoms with Gasteiger partial charge in [-0.25, -0.2) is 0 Å². The Hall–Kier alpha value is -1.91. The lowest BCUT2D eigenvalue weighted by Gasteiger charge is -2.51. The van der Waals surface area contributed by atoms with Gasteiger partial charge in [0, 0.05) is 24.2 Å². The third-order valence-corrected chi connectivity index (χ3v) is 6.21. The predicted molar refractivity (Wildman–Crippen MR) is 109 cm³/mol. The SMILES string of the molecule is C=CC1CN2CCC1CC2[C@@H](OC(C)C)c1ccnc2ccc(OC)cc12.